The van der Waals surface area contributed by atoms with E-state index in [1.54, 1.807) is 78.9 Å². The van der Waals surface area contributed by atoms with Gasteiger partial charge in [-0.05, 0) is 72.7 Å². The standard InChI is InChI=1S/C34H30N4O7S/c1-3-30(33(41)36-28-15-8-7-14-27(28)34(42)45-2)46-26-13-9-12-24(21-26)35-32(40)29(37-31(39)23-10-5-4-6-11-23)20-22-16-18-25(19-17-22)38(43)44/h4-21,30H,3H2,1-2H3,(H,35,40)(H,36,41)(H,37,39)/b29-20+. The third-order valence-corrected chi connectivity index (χ3v) is 7.93. The number of para-hydroxylation sites is 1. The molecule has 4 aromatic rings. The number of anilines is 2. The van der Waals surface area contributed by atoms with Crippen LogP contribution in [0.4, 0.5) is 17.1 Å². The highest BCUT2D eigenvalue weighted by Gasteiger charge is 2.21. The molecule has 0 aliphatic rings. The van der Waals surface area contributed by atoms with Gasteiger partial charge in [0, 0.05) is 28.3 Å². The lowest BCUT2D eigenvalue weighted by molar-refractivity contribution is -0.384. The molecule has 0 heterocycles. The topological polar surface area (TPSA) is 157 Å². The minimum Gasteiger partial charge on any atom is -0.465 e. The van der Waals surface area contributed by atoms with Gasteiger partial charge in [-0.3, -0.25) is 24.5 Å². The van der Waals surface area contributed by atoms with Gasteiger partial charge in [-0.15, -0.1) is 11.8 Å². The highest BCUT2D eigenvalue weighted by molar-refractivity contribution is 8.00. The second kappa shape index (κ2) is 15.8. The number of nitro benzene ring substituents is 1. The van der Waals surface area contributed by atoms with Gasteiger partial charge in [0.15, 0.2) is 0 Å². The quantitative estimate of drug-likeness (QED) is 0.0537. The number of methoxy groups -OCH3 is 1. The summed E-state index contributed by atoms with van der Waals surface area (Å²) in [4.78, 5) is 62.9. The van der Waals surface area contributed by atoms with Crippen molar-refractivity contribution in [3.05, 3.63) is 136 Å². The number of nitrogens with one attached hydrogen (secondary N) is 3. The highest BCUT2D eigenvalue weighted by Crippen LogP contribution is 2.29. The first-order valence-electron chi connectivity index (χ1n) is 14.1. The molecule has 3 N–H and O–H groups in total. The number of thioether (sulfide) groups is 1. The van der Waals surface area contributed by atoms with Crippen LogP contribution in [-0.4, -0.2) is 41.0 Å². The Kier molecular flexibility index (Phi) is 11.4. The molecule has 4 aromatic carbocycles. The van der Waals surface area contributed by atoms with E-state index in [0.717, 1.165) is 0 Å². The average Bonchev–Trinajstić information content (AvgIpc) is 3.07. The number of nitro groups is 1. The molecule has 0 spiro atoms. The zero-order valence-electron chi connectivity index (χ0n) is 24.9. The molecule has 4 rings (SSSR count). The number of amides is 3. The molecule has 234 valence electrons. The second-order valence-corrected chi connectivity index (χ2v) is 11.0. The number of nitrogens with zero attached hydrogens (tertiary/aromatic N) is 1. The monoisotopic (exact) mass is 638 g/mol. The molecule has 46 heavy (non-hydrogen) atoms. The maximum Gasteiger partial charge on any atom is 0.339 e. The first-order chi connectivity index (χ1) is 22.2. The van der Waals surface area contributed by atoms with Crippen molar-refractivity contribution in [2.45, 2.75) is 23.5 Å². The van der Waals surface area contributed by atoms with Gasteiger partial charge in [0.05, 0.1) is 28.5 Å². The van der Waals surface area contributed by atoms with Crippen molar-refractivity contribution in [1.29, 1.82) is 0 Å². The van der Waals surface area contributed by atoms with Crippen LogP contribution in [0.1, 0.15) is 39.6 Å². The molecule has 0 saturated carbocycles. The number of benzene rings is 4. The summed E-state index contributed by atoms with van der Waals surface area (Å²) in [5.74, 6) is -2.02. The molecular weight excluding hydrogens is 608 g/mol. The first kappa shape index (κ1) is 33.1. The third kappa shape index (κ3) is 8.89. The van der Waals surface area contributed by atoms with Crippen LogP contribution in [0.15, 0.2) is 114 Å². The number of hydrogen-bond acceptors (Lipinski definition) is 8. The van der Waals surface area contributed by atoms with Crippen molar-refractivity contribution in [2.75, 3.05) is 17.7 Å². The van der Waals surface area contributed by atoms with E-state index in [9.17, 15) is 29.3 Å². The maximum atomic E-state index is 13.5. The van der Waals surface area contributed by atoms with Crippen LogP contribution in [0.25, 0.3) is 6.08 Å². The smallest absolute Gasteiger partial charge is 0.339 e. The summed E-state index contributed by atoms with van der Waals surface area (Å²) in [6.07, 6.45) is 1.89. The average molecular weight is 639 g/mol. The van der Waals surface area contributed by atoms with Crippen molar-refractivity contribution >= 4 is 58.6 Å². The number of hydrogen-bond donors (Lipinski definition) is 3. The molecule has 3 amide bonds. The predicted molar refractivity (Wildman–Crippen MR) is 176 cm³/mol. The summed E-state index contributed by atoms with van der Waals surface area (Å²) in [7, 11) is 1.27. The first-order valence-corrected chi connectivity index (χ1v) is 14.9. The molecule has 0 aliphatic carbocycles. The van der Waals surface area contributed by atoms with Gasteiger partial charge < -0.3 is 20.7 Å². The van der Waals surface area contributed by atoms with Crippen LogP contribution < -0.4 is 16.0 Å². The van der Waals surface area contributed by atoms with E-state index >= 15 is 0 Å². The number of rotatable bonds is 12. The lowest BCUT2D eigenvalue weighted by Gasteiger charge is -2.17. The molecule has 1 atom stereocenters. The van der Waals surface area contributed by atoms with Crippen LogP contribution in [0.2, 0.25) is 0 Å². The normalized spacial score (nSPS) is 11.6. The second-order valence-electron chi connectivity index (χ2n) is 9.75. The van der Waals surface area contributed by atoms with E-state index in [0.29, 0.717) is 33.8 Å². The summed E-state index contributed by atoms with van der Waals surface area (Å²) in [5.41, 5.74) is 1.57. The fraction of sp³-hybridized carbons (Fsp3) is 0.118. The Morgan fingerprint density at radius 2 is 1.59 bits per heavy atom. The molecule has 0 aliphatic heterocycles. The zero-order valence-corrected chi connectivity index (χ0v) is 25.7. The van der Waals surface area contributed by atoms with E-state index in [1.165, 1.54) is 49.2 Å². The Bertz CT molecular complexity index is 1780. The fourth-order valence-corrected chi connectivity index (χ4v) is 5.24. The highest BCUT2D eigenvalue weighted by atomic mass is 32.2. The van der Waals surface area contributed by atoms with Gasteiger partial charge in [-0.2, -0.15) is 0 Å². The molecule has 11 nitrogen and oxygen atoms in total. The maximum absolute atomic E-state index is 13.5. The Morgan fingerprint density at radius 1 is 0.891 bits per heavy atom. The lowest BCUT2D eigenvalue weighted by atomic mass is 10.1. The van der Waals surface area contributed by atoms with Crippen LogP contribution in [0.5, 0.6) is 0 Å². The van der Waals surface area contributed by atoms with Crippen LogP contribution in [0, 0.1) is 10.1 Å². The summed E-state index contributed by atoms with van der Waals surface area (Å²) in [6.45, 7) is 1.86. The van der Waals surface area contributed by atoms with Crippen molar-refractivity contribution in [2.24, 2.45) is 0 Å². The van der Waals surface area contributed by atoms with Gasteiger partial charge in [0.2, 0.25) is 5.91 Å². The van der Waals surface area contributed by atoms with E-state index < -0.39 is 28.0 Å². The van der Waals surface area contributed by atoms with Gasteiger partial charge in [0.25, 0.3) is 17.5 Å². The summed E-state index contributed by atoms with van der Waals surface area (Å²) < 4.78 is 4.81. The number of carbonyl (C=O) groups is 4. The van der Waals surface area contributed by atoms with Gasteiger partial charge in [-0.25, -0.2) is 4.79 Å². The minimum atomic E-state index is -0.631. The number of non-ortho nitro benzene ring substituents is 1. The number of esters is 1. The predicted octanol–water partition coefficient (Wildman–Crippen LogP) is 6.30. The van der Waals surface area contributed by atoms with E-state index in [1.807, 2.05) is 6.92 Å². The van der Waals surface area contributed by atoms with Crippen molar-refractivity contribution in [3.63, 3.8) is 0 Å². The van der Waals surface area contributed by atoms with Gasteiger partial charge in [0.1, 0.15) is 5.70 Å². The SMILES string of the molecule is CCC(Sc1cccc(NC(=O)/C(=C\c2ccc([N+](=O)[O-])cc2)NC(=O)c2ccccc2)c1)C(=O)Nc1ccccc1C(=O)OC. The molecule has 0 bridgehead atoms. The molecule has 0 fully saturated rings. The van der Waals surface area contributed by atoms with Crippen LogP contribution >= 0.6 is 11.8 Å². The lowest BCUT2D eigenvalue weighted by Crippen LogP contribution is -2.30. The molecule has 0 radical (unpaired) electrons. The van der Waals surface area contributed by atoms with Gasteiger partial charge >= 0.3 is 5.97 Å². The van der Waals surface area contributed by atoms with Crippen molar-refractivity contribution in [3.8, 4) is 0 Å². The van der Waals surface area contributed by atoms with E-state index in [-0.39, 0.29) is 22.9 Å². The summed E-state index contributed by atoms with van der Waals surface area (Å²) >= 11 is 1.28. The van der Waals surface area contributed by atoms with Crippen LogP contribution in [0.3, 0.4) is 0 Å². The Labute approximate surface area is 269 Å². The molecule has 12 heteroatoms. The largest absolute Gasteiger partial charge is 0.465 e. The molecular formula is C34H30N4O7S. The molecule has 0 saturated heterocycles. The molecule has 0 aromatic heterocycles. The van der Waals surface area contributed by atoms with E-state index in [4.69, 9.17) is 4.74 Å². The minimum absolute atomic E-state index is 0.0872. The fourth-order valence-electron chi connectivity index (χ4n) is 4.23. The summed E-state index contributed by atoms with van der Waals surface area (Å²) in [6, 6.07) is 27.3. The Morgan fingerprint density at radius 3 is 2.26 bits per heavy atom. The van der Waals surface area contributed by atoms with E-state index in [2.05, 4.69) is 16.0 Å². The van der Waals surface area contributed by atoms with Crippen molar-refractivity contribution < 1.29 is 28.8 Å². The third-order valence-electron chi connectivity index (χ3n) is 6.57. The number of ether oxygens (including phenoxy) is 1. The van der Waals surface area contributed by atoms with Crippen LogP contribution in [-0.2, 0) is 14.3 Å². The summed E-state index contributed by atoms with van der Waals surface area (Å²) in [5, 5.41) is 18.8. The Balaban J connectivity index is 1.52. The molecule has 1 unspecified atom stereocenters. The van der Waals surface area contributed by atoms with Crippen molar-refractivity contribution in [1.82, 2.24) is 5.32 Å². The van der Waals surface area contributed by atoms with Gasteiger partial charge in [-0.1, -0.05) is 43.3 Å². The zero-order chi connectivity index (χ0) is 33.1. The Hall–Kier alpha value is -5.75. The number of carbonyl (C=O) groups excluding carboxylic acids is 4.